The second kappa shape index (κ2) is 6.76. The van der Waals surface area contributed by atoms with E-state index in [1.54, 1.807) is 7.11 Å². The van der Waals surface area contributed by atoms with Crippen molar-refractivity contribution in [1.29, 1.82) is 0 Å². The smallest absolute Gasteiger partial charge is 0.127 e. The molecule has 114 valence electrons. The van der Waals surface area contributed by atoms with E-state index < -0.39 is 0 Å². The van der Waals surface area contributed by atoms with Gasteiger partial charge in [-0.1, -0.05) is 19.1 Å². The van der Waals surface area contributed by atoms with E-state index in [-0.39, 0.29) is 6.04 Å². The Morgan fingerprint density at radius 1 is 1.29 bits per heavy atom. The minimum Gasteiger partial charge on any atom is -0.496 e. The third-order valence-corrected chi connectivity index (χ3v) is 3.85. The number of hydrogen-bond donors (Lipinski definition) is 1. The summed E-state index contributed by atoms with van der Waals surface area (Å²) in [5.74, 6) is 0.953. The average molecular weight is 287 g/mol. The summed E-state index contributed by atoms with van der Waals surface area (Å²) in [6, 6.07) is 6.41. The molecule has 0 aliphatic rings. The van der Waals surface area contributed by atoms with Crippen molar-refractivity contribution in [3.05, 3.63) is 46.8 Å². The summed E-state index contributed by atoms with van der Waals surface area (Å²) in [6.45, 7) is 7.32. The first-order chi connectivity index (χ1) is 10.1. The number of nitrogens with zero attached hydrogens (tertiary/aromatic N) is 2. The summed E-state index contributed by atoms with van der Waals surface area (Å²) < 4.78 is 7.51. The Balaban J connectivity index is 2.48. The molecule has 0 fully saturated rings. The highest BCUT2D eigenvalue weighted by Gasteiger charge is 2.21. The molecule has 1 unspecified atom stereocenters. The predicted molar refractivity (Wildman–Crippen MR) is 85.8 cm³/mol. The van der Waals surface area contributed by atoms with Crippen molar-refractivity contribution >= 4 is 0 Å². The van der Waals surface area contributed by atoms with Gasteiger partial charge in [0.05, 0.1) is 18.8 Å². The highest BCUT2D eigenvalue weighted by molar-refractivity contribution is 5.48. The summed E-state index contributed by atoms with van der Waals surface area (Å²) >= 11 is 0. The number of rotatable bonds is 6. The van der Waals surface area contributed by atoms with Crippen LogP contribution in [0, 0.1) is 13.8 Å². The molecule has 4 heteroatoms. The number of aryl methyl sites for hydroxylation is 2. The maximum Gasteiger partial charge on any atom is 0.127 e. The van der Waals surface area contributed by atoms with Gasteiger partial charge in [-0.2, -0.15) is 5.10 Å². The molecule has 4 nitrogen and oxygen atoms in total. The van der Waals surface area contributed by atoms with Crippen LogP contribution in [0.5, 0.6) is 5.75 Å². The van der Waals surface area contributed by atoms with Gasteiger partial charge in [0.15, 0.2) is 0 Å². The lowest BCUT2D eigenvalue weighted by Crippen LogP contribution is -2.24. The van der Waals surface area contributed by atoms with Gasteiger partial charge in [0.25, 0.3) is 0 Å². The van der Waals surface area contributed by atoms with Crippen LogP contribution in [-0.4, -0.2) is 23.4 Å². The Labute approximate surface area is 127 Å². The molecule has 0 spiro atoms. The Kier molecular flexibility index (Phi) is 5.02. The van der Waals surface area contributed by atoms with Crippen LogP contribution in [0.1, 0.15) is 41.8 Å². The molecule has 2 aromatic rings. The third-order valence-electron chi connectivity index (χ3n) is 3.85. The second-order valence-corrected chi connectivity index (χ2v) is 5.43. The zero-order chi connectivity index (χ0) is 15.4. The molecule has 1 aromatic heterocycles. The van der Waals surface area contributed by atoms with E-state index in [1.165, 1.54) is 11.1 Å². The van der Waals surface area contributed by atoms with Crippen molar-refractivity contribution in [2.24, 2.45) is 7.05 Å². The topological polar surface area (TPSA) is 39.1 Å². The zero-order valence-electron chi connectivity index (χ0n) is 13.6. The van der Waals surface area contributed by atoms with E-state index in [2.05, 4.69) is 49.4 Å². The number of aromatic nitrogens is 2. The molecule has 21 heavy (non-hydrogen) atoms. The van der Waals surface area contributed by atoms with Gasteiger partial charge < -0.3 is 10.1 Å². The maximum absolute atomic E-state index is 5.67. The summed E-state index contributed by atoms with van der Waals surface area (Å²) in [6.07, 6.45) is 3.06. The Morgan fingerprint density at radius 2 is 2.05 bits per heavy atom. The van der Waals surface area contributed by atoms with Crippen molar-refractivity contribution < 1.29 is 4.74 Å². The minimum atomic E-state index is 0.0559. The zero-order valence-corrected chi connectivity index (χ0v) is 13.6. The first kappa shape index (κ1) is 15.6. The van der Waals surface area contributed by atoms with Gasteiger partial charge in [0, 0.05) is 18.8 Å². The summed E-state index contributed by atoms with van der Waals surface area (Å²) in [7, 11) is 3.68. The molecule has 0 aliphatic carbocycles. The fraction of sp³-hybridized carbons (Fsp3) is 0.471. The van der Waals surface area contributed by atoms with Crippen LogP contribution in [0.2, 0.25) is 0 Å². The number of ether oxygens (including phenoxy) is 1. The Morgan fingerprint density at radius 3 is 2.62 bits per heavy atom. The highest BCUT2D eigenvalue weighted by Crippen LogP contribution is 2.33. The van der Waals surface area contributed by atoms with Crippen molar-refractivity contribution in [2.45, 2.75) is 33.2 Å². The fourth-order valence-corrected chi connectivity index (χ4v) is 2.56. The van der Waals surface area contributed by atoms with Gasteiger partial charge >= 0.3 is 0 Å². The quantitative estimate of drug-likeness (QED) is 0.887. The first-order valence-corrected chi connectivity index (χ1v) is 7.45. The summed E-state index contributed by atoms with van der Waals surface area (Å²) in [4.78, 5) is 0. The van der Waals surface area contributed by atoms with Crippen molar-refractivity contribution in [3.63, 3.8) is 0 Å². The third kappa shape index (κ3) is 3.27. The maximum atomic E-state index is 5.67. The summed E-state index contributed by atoms with van der Waals surface area (Å²) in [5, 5.41) is 8.15. The van der Waals surface area contributed by atoms with Crippen molar-refractivity contribution in [2.75, 3.05) is 13.7 Å². The normalized spacial score (nSPS) is 12.4. The van der Waals surface area contributed by atoms with Crippen molar-refractivity contribution in [3.8, 4) is 5.75 Å². The van der Waals surface area contributed by atoms with Gasteiger partial charge in [-0.25, -0.2) is 0 Å². The molecule has 1 heterocycles. The second-order valence-electron chi connectivity index (χ2n) is 5.43. The van der Waals surface area contributed by atoms with Gasteiger partial charge in [-0.15, -0.1) is 0 Å². The van der Waals surface area contributed by atoms with Gasteiger partial charge in [0.1, 0.15) is 5.75 Å². The SMILES string of the molecule is CCCNC(c1ccn(C)n1)c1ccc(C)c(C)c1OC. The lowest BCUT2D eigenvalue weighted by atomic mass is 9.97. The van der Waals surface area contributed by atoms with Crippen molar-refractivity contribution in [1.82, 2.24) is 15.1 Å². The largest absolute Gasteiger partial charge is 0.496 e. The molecule has 0 aliphatic heterocycles. The van der Waals surface area contributed by atoms with Crippen LogP contribution < -0.4 is 10.1 Å². The van der Waals surface area contributed by atoms with Crippen LogP contribution in [0.3, 0.4) is 0 Å². The van der Waals surface area contributed by atoms with E-state index in [1.807, 2.05) is 17.9 Å². The monoisotopic (exact) mass is 287 g/mol. The molecule has 0 bridgehead atoms. The molecule has 0 saturated carbocycles. The lowest BCUT2D eigenvalue weighted by Gasteiger charge is -2.21. The van der Waals surface area contributed by atoms with Gasteiger partial charge in [-0.3, -0.25) is 4.68 Å². The van der Waals surface area contributed by atoms with E-state index in [0.29, 0.717) is 0 Å². The Hall–Kier alpha value is -1.81. The molecule has 1 aromatic carbocycles. The van der Waals surface area contributed by atoms with Crippen LogP contribution in [0.25, 0.3) is 0 Å². The number of nitrogens with one attached hydrogen (secondary N) is 1. The highest BCUT2D eigenvalue weighted by atomic mass is 16.5. The summed E-state index contributed by atoms with van der Waals surface area (Å²) in [5.41, 5.74) is 4.60. The number of hydrogen-bond acceptors (Lipinski definition) is 3. The fourth-order valence-electron chi connectivity index (χ4n) is 2.56. The van der Waals surface area contributed by atoms with Crippen LogP contribution in [0.15, 0.2) is 24.4 Å². The van der Waals surface area contributed by atoms with Gasteiger partial charge in [-0.05, 0) is 44.0 Å². The van der Waals surface area contributed by atoms with Crippen LogP contribution in [-0.2, 0) is 7.05 Å². The molecule has 1 N–H and O–H groups in total. The molecule has 0 amide bonds. The first-order valence-electron chi connectivity index (χ1n) is 7.45. The average Bonchev–Trinajstić information content (AvgIpc) is 2.89. The molecule has 1 atom stereocenters. The van der Waals surface area contributed by atoms with Crippen LogP contribution in [0.4, 0.5) is 0 Å². The van der Waals surface area contributed by atoms with E-state index in [0.717, 1.165) is 30.0 Å². The van der Waals surface area contributed by atoms with E-state index in [4.69, 9.17) is 4.74 Å². The van der Waals surface area contributed by atoms with Crippen LogP contribution >= 0.6 is 0 Å². The molecule has 0 radical (unpaired) electrons. The standard InChI is InChI=1S/C17H25N3O/c1-6-10-18-16(15-9-11-20(4)19-15)14-8-7-12(2)13(3)17(14)21-5/h7-9,11,16,18H,6,10H2,1-5H3. The molecule has 2 rings (SSSR count). The molecule has 0 saturated heterocycles. The van der Waals surface area contributed by atoms with E-state index in [9.17, 15) is 0 Å². The predicted octanol–water partition coefficient (Wildman–Crippen LogP) is 3.13. The lowest BCUT2D eigenvalue weighted by molar-refractivity contribution is 0.399. The van der Waals surface area contributed by atoms with Gasteiger partial charge in [0.2, 0.25) is 0 Å². The number of methoxy groups -OCH3 is 1. The number of benzene rings is 1. The Bertz CT molecular complexity index is 604. The molecular weight excluding hydrogens is 262 g/mol. The molecular formula is C17H25N3O. The van der Waals surface area contributed by atoms with E-state index >= 15 is 0 Å². The minimum absolute atomic E-state index is 0.0559.